The molecule has 3 aromatic rings. The number of hydrogen-bond donors (Lipinski definition) is 1. The minimum Gasteiger partial charge on any atom is -0.322 e. The van der Waals surface area contributed by atoms with Gasteiger partial charge in [-0.05, 0) is 86.3 Å². The quantitative estimate of drug-likeness (QED) is 0.712. The molecule has 1 saturated heterocycles. The number of H-pyrrole nitrogens is 1. The SMILES string of the molecule is Cc1cc(C)c2cc([C@H](c3nnnn3C3CCCC3)N3CCCCC3)c(=O)[nH]c2c1. The van der Waals surface area contributed by atoms with Gasteiger partial charge in [0, 0.05) is 16.5 Å². The number of likely N-dealkylation sites (tertiary alicyclic amines) is 1. The zero-order chi connectivity index (χ0) is 20.7. The first kappa shape index (κ1) is 19.4. The van der Waals surface area contributed by atoms with Gasteiger partial charge < -0.3 is 4.98 Å². The average molecular weight is 407 g/mol. The number of aromatic amines is 1. The highest BCUT2D eigenvalue weighted by molar-refractivity contribution is 5.83. The van der Waals surface area contributed by atoms with Crippen molar-refractivity contribution in [1.29, 1.82) is 0 Å². The first-order valence-corrected chi connectivity index (χ1v) is 11.3. The molecule has 1 atom stereocenters. The van der Waals surface area contributed by atoms with Crippen LogP contribution in [0.3, 0.4) is 0 Å². The van der Waals surface area contributed by atoms with Crippen LogP contribution in [0.15, 0.2) is 23.0 Å². The number of rotatable bonds is 4. The Kier molecular flexibility index (Phi) is 5.15. The highest BCUT2D eigenvalue weighted by Crippen LogP contribution is 2.35. The lowest BCUT2D eigenvalue weighted by atomic mass is 9.98. The first-order valence-electron chi connectivity index (χ1n) is 11.3. The zero-order valence-corrected chi connectivity index (χ0v) is 17.9. The minimum atomic E-state index is -0.213. The molecule has 158 valence electrons. The topological polar surface area (TPSA) is 79.7 Å². The Labute approximate surface area is 176 Å². The molecular weight excluding hydrogens is 376 g/mol. The maximum absolute atomic E-state index is 13.3. The second-order valence-electron chi connectivity index (χ2n) is 9.02. The molecule has 1 aromatic carbocycles. The van der Waals surface area contributed by atoms with Crippen molar-refractivity contribution in [2.75, 3.05) is 13.1 Å². The Bertz CT molecular complexity index is 1100. The van der Waals surface area contributed by atoms with E-state index in [1.165, 1.54) is 24.8 Å². The number of aromatic nitrogens is 5. The number of aryl methyl sites for hydroxylation is 2. The molecule has 2 fully saturated rings. The molecule has 2 aliphatic rings. The van der Waals surface area contributed by atoms with Gasteiger partial charge in [-0.3, -0.25) is 9.69 Å². The van der Waals surface area contributed by atoms with Crippen molar-refractivity contribution in [3.8, 4) is 0 Å². The number of pyridine rings is 1. The van der Waals surface area contributed by atoms with Gasteiger partial charge in [-0.2, -0.15) is 0 Å². The van der Waals surface area contributed by atoms with Crippen LogP contribution in [0.25, 0.3) is 10.9 Å². The minimum absolute atomic E-state index is 0.0379. The van der Waals surface area contributed by atoms with Gasteiger partial charge in [0.05, 0.1) is 6.04 Å². The number of benzene rings is 1. The van der Waals surface area contributed by atoms with Gasteiger partial charge in [0.2, 0.25) is 0 Å². The van der Waals surface area contributed by atoms with Gasteiger partial charge in [-0.15, -0.1) is 5.10 Å². The summed E-state index contributed by atoms with van der Waals surface area (Å²) in [4.78, 5) is 18.9. The second-order valence-corrected chi connectivity index (χ2v) is 9.02. The molecule has 5 rings (SSSR count). The third-order valence-electron chi connectivity index (χ3n) is 6.83. The van der Waals surface area contributed by atoms with Crippen LogP contribution in [-0.4, -0.2) is 43.2 Å². The predicted molar refractivity (Wildman–Crippen MR) is 117 cm³/mol. The van der Waals surface area contributed by atoms with Crippen LogP contribution in [0.4, 0.5) is 0 Å². The van der Waals surface area contributed by atoms with Crippen molar-refractivity contribution >= 4 is 10.9 Å². The van der Waals surface area contributed by atoms with E-state index in [1.54, 1.807) is 0 Å². The summed E-state index contributed by atoms with van der Waals surface area (Å²) in [6.07, 6.45) is 8.18. The van der Waals surface area contributed by atoms with Gasteiger partial charge in [0.15, 0.2) is 5.82 Å². The fraction of sp³-hybridized carbons (Fsp3) is 0.565. The van der Waals surface area contributed by atoms with Gasteiger partial charge in [-0.1, -0.05) is 25.3 Å². The lowest BCUT2D eigenvalue weighted by molar-refractivity contribution is 0.174. The molecule has 7 heteroatoms. The van der Waals surface area contributed by atoms with Crippen LogP contribution in [0.2, 0.25) is 0 Å². The summed E-state index contributed by atoms with van der Waals surface area (Å²) in [5, 5.41) is 14.0. The third kappa shape index (κ3) is 3.45. The molecule has 0 bridgehead atoms. The highest BCUT2D eigenvalue weighted by atomic mass is 16.1. The standard InChI is InChI=1S/C23H30N6O/c1-15-12-16(2)18-14-19(23(30)24-20(18)13-15)21(28-10-6-3-7-11-28)22-25-26-27-29(22)17-8-4-5-9-17/h12-14,17,21H,3-11H2,1-2H3,(H,24,30)/t21-/m1/s1. The molecule has 1 aliphatic carbocycles. The smallest absolute Gasteiger partial charge is 0.253 e. The van der Waals surface area contributed by atoms with Gasteiger partial charge in [0.25, 0.3) is 5.56 Å². The van der Waals surface area contributed by atoms with E-state index in [4.69, 9.17) is 0 Å². The van der Waals surface area contributed by atoms with E-state index in [0.717, 1.165) is 66.6 Å². The summed E-state index contributed by atoms with van der Waals surface area (Å²) < 4.78 is 2.01. The van der Waals surface area contributed by atoms with E-state index >= 15 is 0 Å². The zero-order valence-electron chi connectivity index (χ0n) is 17.9. The predicted octanol–water partition coefficient (Wildman–Crippen LogP) is 3.82. The number of fused-ring (bicyclic) bond motifs is 1. The summed E-state index contributed by atoms with van der Waals surface area (Å²) in [7, 11) is 0. The van der Waals surface area contributed by atoms with Crippen molar-refractivity contribution in [3.05, 3.63) is 51.1 Å². The number of nitrogens with one attached hydrogen (secondary N) is 1. The number of tetrazole rings is 1. The largest absolute Gasteiger partial charge is 0.322 e. The number of piperidine rings is 1. The fourth-order valence-electron chi connectivity index (χ4n) is 5.36. The Morgan fingerprint density at radius 2 is 1.80 bits per heavy atom. The lowest BCUT2D eigenvalue weighted by Crippen LogP contribution is -2.38. The molecular formula is C23H30N6O. The third-order valence-corrected chi connectivity index (χ3v) is 6.83. The van der Waals surface area contributed by atoms with Crippen LogP contribution in [0.1, 0.15) is 79.5 Å². The van der Waals surface area contributed by atoms with Crippen LogP contribution in [-0.2, 0) is 0 Å². The highest BCUT2D eigenvalue weighted by Gasteiger charge is 2.33. The number of nitrogens with zero attached hydrogens (tertiary/aromatic N) is 5. The Hall–Kier alpha value is -2.54. The Morgan fingerprint density at radius 3 is 2.57 bits per heavy atom. The molecule has 30 heavy (non-hydrogen) atoms. The molecule has 0 radical (unpaired) electrons. The van der Waals surface area contributed by atoms with Crippen molar-refractivity contribution in [1.82, 2.24) is 30.1 Å². The summed E-state index contributed by atoms with van der Waals surface area (Å²) >= 11 is 0. The normalized spacial score (nSPS) is 19.5. The van der Waals surface area contributed by atoms with E-state index in [-0.39, 0.29) is 11.6 Å². The van der Waals surface area contributed by atoms with Crippen molar-refractivity contribution in [3.63, 3.8) is 0 Å². The van der Waals surface area contributed by atoms with E-state index in [0.29, 0.717) is 6.04 Å². The van der Waals surface area contributed by atoms with Crippen LogP contribution < -0.4 is 5.56 Å². The second kappa shape index (κ2) is 7.95. The molecule has 1 saturated carbocycles. The molecule has 0 unspecified atom stereocenters. The van der Waals surface area contributed by atoms with Gasteiger partial charge >= 0.3 is 0 Å². The van der Waals surface area contributed by atoms with Crippen molar-refractivity contribution in [2.45, 2.75) is 70.9 Å². The van der Waals surface area contributed by atoms with Crippen LogP contribution >= 0.6 is 0 Å². The molecule has 1 aliphatic heterocycles. The molecule has 3 heterocycles. The van der Waals surface area contributed by atoms with Crippen molar-refractivity contribution < 1.29 is 0 Å². The monoisotopic (exact) mass is 406 g/mol. The molecule has 1 N–H and O–H groups in total. The fourth-order valence-corrected chi connectivity index (χ4v) is 5.36. The summed E-state index contributed by atoms with van der Waals surface area (Å²) in [5.74, 6) is 0.818. The van der Waals surface area contributed by atoms with E-state index in [9.17, 15) is 4.79 Å². The summed E-state index contributed by atoms with van der Waals surface area (Å²) in [5.41, 5.74) is 3.94. The average Bonchev–Trinajstić information content (AvgIpc) is 3.41. The van der Waals surface area contributed by atoms with Crippen LogP contribution in [0.5, 0.6) is 0 Å². The number of hydrogen-bond acceptors (Lipinski definition) is 5. The molecule has 0 spiro atoms. The molecule has 2 aromatic heterocycles. The summed E-state index contributed by atoms with van der Waals surface area (Å²) in [6.45, 7) is 6.10. The van der Waals surface area contributed by atoms with E-state index in [2.05, 4.69) is 51.4 Å². The lowest BCUT2D eigenvalue weighted by Gasteiger charge is -2.34. The Balaban J connectivity index is 1.67. The van der Waals surface area contributed by atoms with E-state index in [1.807, 2.05) is 10.7 Å². The van der Waals surface area contributed by atoms with E-state index < -0.39 is 0 Å². The molecule has 7 nitrogen and oxygen atoms in total. The van der Waals surface area contributed by atoms with Gasteiger partial charge in [-0.25, -0.2) is 4.68 Å². The summed E-state index contributed by atoms with van der Waals surface area (Å²) in [6, 6.07) is 6.42. The van der Waals surface area contributed by atoms with Gasteiger partial charge in [0.1, 0.15) is 6.04 Å². The maximum atomic E-state index is 13.3. The van der Waals surface area contributed by atoms with Crippen LogP contribution in [0, 0.1) is 13.8 Å². The Morgan fingerprint density at radius 1 is 1.03 bits per heavy atom. The molecule has 0 amide bonds. The maximum Gasteiger partial charge on any atom is 0.253 e. The first-order chi connectivity index (χ1) is 14.6. The van der Waals surface area contributed by atoms with Crippen molar-refractivity contribution in [2.24, 2.45) is 0 Å².